The molecule has 0 aliphatic heterocycles. The van der Waals surface area contributed by atoms with Gasteiger partial charge in [-0.2, -0.15) is 13.2 Å². The Kier molecular flexibility index (Phi) is 5.22. The van der Waals surface area contributed by atoms with Crippen LogP contribution in [-0.4, -0.2) is 11.0 Å². The zero-order valence-corrected chi connectivity index (χ0v) is 14.2. The molecule has 0 bridgehead atoms. The highest BCUT2D eigenvalue weighted by Crippen LogP contribution is 2.34. The van der Waals surface area contributed by atoms with Crippen molar-refractivity contribution in [3.05, 3.63) is 71.2 Å². The quantitative estimate of drug-likeness (QED) is 0.661. The zero-order chi connectivity index (χ0) is 18.6. The van der Waals surface area contributed by atoms with Crippen LogP contribution in [0.15, 0.2) is 60.1 Å². The van der Waals surface area contributed by atoms with Gasteiger partial charge < -0.3 is 10.6 Å². The van der Waals surface area contributed by atoms with Crippen LogP contribution in [-0.2, 0) is 12.7 Å². The molecule has 2 amide bonds. The predicted octanol–water partition coefficient (Wildman–Crippen LogP) is 5.15. The molecule has 2 heterocycles. The number of amides is 2. The molecule has 8 heteroatoms. The van der Waals surface area contributed by atoms with Crippen LogP contribution in [0, 0.1) is 0 Å². The lowest BCUT2D eigenvalue weighted by Crippen LogP contribution is -2.29. The molecular formula is C18H14F3N3OS. The first-order valence-electron chi connectivity index (χ1n) is 7.64. The van der Waals surface area contributed by atoms with Gasteiger partial charge in [0, 0.05) is 12.7 Å². The Morgan fingerprint density at radius 2 is 1.88 bits per heavy atom. The van der Waals surface area contributed by atoms with Gasteiger partial charge in [0.1, 0.15) is 0 Å². The van der Waals surface area contributed by atoms with E-state index in [-0.39, 0.29) is 12.2 Å². The normalized spacial score (nSPS) is 11.2. The lowest BCUT2D eigenvalue weighted by atomic mass is 10.1. The smallest absolute Gasteiger partial charge is 0.334 e. The number of urea groups is 1. The third-order valence-electron chi connectivity index (χ3n) is 3.57. The van der Waals surface area contributed by atoms with Gasteiger partial charge >= 0.3 is 12.2 Å². The van der Waals surface area contributed by atoms with Crippen molar-refractivity contribution in [3.8, 4) is 10.6 Å². The molecule has 0 spiro atoms. The van der Waals surface area contributed by atoms with E-state index in [2.05, 4.69) is 15.6 Å². The second kappa shape index (κ2) is 7.57. The average molecular weight is 377 g/mol. The highest BCUT2D eigenvalue weighted by atomic mass is 32.1. The Morgan fingerprint density at radius 1 is 1.08 bits per heavy atom. The molecule has 2 N–H and O–H groups in total. The number of hydrogen-bond acceptors (Lipinski definition) is 3. The minimum Gasteiger partial charge on any atom is -0.334 e. The van der Waals surface area contributed by atoms with Gasteiger partial charge in [0.2, 0.25) is 0 Å². The molecule has 1 aromatic carbocycles. The molecule has 26 heavy (non-hydrogen) atoms. The van der Waals surface area contributed by atoms with E-state index in [0.717, 1.165) is 22.2 Å². The van der Waals surface area contributed by atoms with Gasteiger partial charge in [0.15, 0.2) is 0 Å². The highest BCUT2D eigenvalue weighted by molar-refractivity contribution is 7.13. The van der Waals surface area contributed by atoms with Gasteiger partial charge in [0.25, 0.3) is 0 Å². The number of carbonyl (C=O) groups excluding carboxylic acids is 1. The first kappa shape index (κ1) is 17.9. The van der Waals surface area contributed by atoms with E-state index >= 15 is 0 Å². The largest absolute Gasteiger partial charge is 0.418 e. The Bertz CT molecular complexity index is 895. The number of hydrogen-bond donors (Lipinski definition) is 2. The highest BCUT2D eigenvalue weighted by Gasteiger charge is 2.33. The van der Waals surface area contributed by atoms with Crippen molar-refractivity contribution in [2.24, 2.45) is 0 Å². The van der Waals surface area contributed by atoms with Gasteiger partial charge in [-0.25, -0.2) is 4.79 Å². The fourth-order valence-corrected chi connectivity index (χ4v) is 3.15. The number of anilines is 1. The van der Waals surface area contributed by atoms with Crippen LogP contribution in [0.1, 0.15) is 11.1 Å². The maximum atomic E-state index is 13.0. The number of carbonyl (C=O) groups is 1. The van der Waals surface area contributed by atoms with Crippen LogP contribution in [0.4, 0.5) is 23.7 Å². The number of nitrogens with one attached hydrogen (secondary N) is 2. The number of para-hydroxylation sites is 1. The maximum absolute atomic E-state index is 13.0. The number of benzene rings is 1. The van der Waals surface area contributed by atoms with Gasteiger partial charge in [-0.1, -0.05) is 24.3 Å². The first-order valence-corrected chi connectivity index (χ1v) is 8.52. The van der Waals surface area contributed by atoms with E-state index in [9.17, 15) is 18.0 Å². The Hall–Kier alpha value is -2.87. The molecule has 0 fully saturated rings. The predicted molar refractivity (Wildman–Crippen MR) is 94.9 cm³/mol. The monoisotopic (exact) mass is 377 g/mol. The molecule has 0 aliphatic rings. The molecule has 0 atom stereocenters. The van der Waals surface area contributed by atoms with Gasteiger partial charge in [0.05, 0.1) is 21.8 Å². The zero-order valence-electron chi connectivity index (χ0n) is 13.4. The van der Waals surface area contributed by atoms with Crippen molar-refractivity contribution in [2.45, 2.75) is 12.7 Å². The average Bonchev–Trinajstić information content (AvgIpc) is 3.14. The van der Waals surface area contributed by atoms with E-state index in [1.54, 1.807) is 12.3 Å². The topological polar surface area (TPSA) is 54.0 Å². The van der Waals surface area contributed by atoms with Crippen LogP contribution in [0.5, 0.6) is 0 Å². The van der Waals surface area contributed by atoms with E-state index in [1.807, 2.05) is 23.6 Å². The van der Waals surface area contributed by atoms with E-state index < -0.39 is 17.8 Å². The maximum Gasteiger partial charge on any atom is 0.418 e. The van der Waals surface area contributed by atoms with Crippen LogP contribution < -0.4 is 10.6 Å². The summed E-state index contributed by atoms with van der Waals surface area (Å²) in [6.07, 6.45) is -2.89. The van der Waals surface area contributed by atoms with Crippen molar-refractivity contribution in [1.82, 2.24) is 10.3 Å². The minimum atomic E-state index is -4.54. The molecule has 134 valence electrons. The number of alkyl halides is 3. The minimum absolute atomic E-state index is 0.140. The summed E-state index contributed by atoms with van der Waals surface area (Å²) in [7, 11) is 0. The number of halogens is 3. The summed E-state index contributed by atoms with van der Waals surface area (Å²) in [6, 6.07) is 11.5. The van der Waals surface area contributed by atoms with Crippen LogP contribution in [0.2, 0.25) is 0 Å². The standard InChI is InChI=1S/C18H14F3N3OS/c19-18(20,21)13-6-1-2-7-14(13)24-17(25)23-11-12-5-3-9-22-16(12)15-8-4-10-26-15/h1-10H,11H2,(H2,23,24,25). The molecule has 0 unspecified atom stereocenters. The molecule has 0 aliphatic carbocycles. The third-order valence-corrected chi connectivity index (χ3v) is 4.44. The second-order valence-corrected chi connectivity index (χ2v) is 6.29. The van der Waals surface area contributed by atoms with Crippen molar-refractivity contribution in [3.63, 3.8) is 0 Å². The number of rotatable bonds is 4. The lowest BCUT2D eigenvalue weighted by Gasteiger charge is -2.14. The van der Waals surface area contributed by atoms with Crippen LogP contribution >= 0.6 is 11.3 Å². The number of pyridine rings is 1. The summed E-state index contributed by atoms with van der Waals surface area (Å²) < 4.78 is 38.9. The second-order valence-electron chi connectivity index (χ2n) is 5.34. The van der Waals surface area contributed by atoms with Crippen LogP contribution in [0.3, 0.4) is 0 Å². The lowest BCUT2D eigenvalue weighted by molar-refractivity contribution is -0.136. The van der Waals surface area contributed by atoms with E-state index in [1.165, 1.54) is 29.5 Å². The summed E-state index contributed by atoms with van der Waals surface area (Å²) in [4.78, 5) is 17.3. The Morgan fingerprint density at radius 3 is 2.62 bits per heavy atom. The molecule has 0 saturated carbocycles. The number of aromatic nitrogens is 1. The van der Waals surface area contributed by atoms with Crippen molar-refractivity contribution in [2.75, 3.05) is 5.32 Å². The van der Waals surface area contributed by atoms with Gasteiger partial charge in [-0.3, -0.25) is 4.98 Å². The molecule has 4 nitrogen and oxygen atoms in total. The van der Waals surface area contributed by atoms with Crippen LogP contribution in [0.25, 0.3) is 10.6 Å². The molecule has 2 aromatic heterocycles. The molecule has 0 saturated heterocycles. The Balaban J connectivity index is 1.70. The summed E-state index contributed by atoms with van der Waals surface area (Å²) in [5, 5.41) is 6.75. The Labute approximate surface area is 151 Å². The summed E-state index contributed by atoms with van der Waals surface area (Å²) in [5.41, 5.74) is 0.325. The molecule has 0 radical (unpaired) electrons. The number of nitrogens with zero attached hydrogens (tertiary/aromatic N) is 1. The fraction of sp³-hybridized carbons (Fsp3) is 0.111. The summed E-state index contributed by atoms with van der Waals surface area (Å²) in [5.74, 6) is 0. The van der Waals surface area contributed by atoms with E-state index in [0.29, 0.717) is 0 Å². The third kappa shape index (κ3) is 4.20. The first-order chi connectivity index (χ1) is 12.4. The summed E-state index contributed by atoms with van der Waals surface area (Å²) >= 11 is 1.52. The summed E-state index contributed by atoms with van der Waals surface area (Å²) in [6.45, 7) is 0.140. The van der Waals surface area contributed by atoms with Gasteiger partial charge in [-0.15, -0.1) is 11.3 Å². The number of thiophene rings is 1. The SMILES string of the molecule is O=C(NCc1cccnc1-c1cccs1)Nc1ccccc1C(F)(F)F. The molecule has 3 rings (SSSR count). The van der Waals surface area contributed by atoms with Crippen molar-refractivity contribution >= 4 is 23.1 Å². The van der Waals surface area contributed by atoms with E-state index in [4.69, 9.17) is 0 Å². The molecule has 3 aromatic rings. The van der Waals surface area contributed by atoms with Gasteiger partial charge in [-0.05, 0) is 35.2 Å². The van der Waals surface area contributed by atoms with Crippen molar-refractivity contribution in [1.29, 1.82) is 0 Å². The fourth-order valence-electron chi connectivity index (χ4n) is 2.40. The van der Waals surface area contributed by atoms with Crippen molar-refractivity contribution < 1.29 is 18.0 Å². The molecular weight excluding hydrogens is 363 g/mol.